The van der Waals surface area contributed by atoms with Crippen molar-refractivity contribution in [1.29, 1.82) is 0 Å². The van der Waals surface area contributed by atoms with Gasteiger partial charge in [0, 0.05) is 30.4 Å². The van der Waals surface area contributed by atoms with Crippen molar-refractivity contribution in [3.63, 3.8) is 0 Å². The second-order valence-corrected chi connectivity index (χ2v) is 8.53. The Morgan fingerprint density at radius 1 is 1.16 bits per heavy atom. The molecule has 1 N–H and O–H groups in total. The first-order chi connectivity index (χ1) is 15.2. The number of H-pyrrole nitrogens is 1. The molecule has 1 aliphatic heterocycles. The highest BCUT2D eigenvalue weighted by atomic mass is 35.5. The third-order valence-electron chi connectivity index (χ3n) is 5.49. The highest BCUT2D eigenvalue weighted by Gasteiger charge is 2.29. The SMILES string of the molecule is C[C@@H]1CN(C(=O)[C@@H](C)Oc2ccc3c(-c4ccc(F)cc4Cl)c[nH]c(=O)c3c2)C[C@@H](C)O1. The van der Waals surface area contributed by atoms with Gasteiger partial charge >= 0.3 is 0 Å². The molecule has 1 saturated heterocycles. The zero-order chi connectivity index (χ0) is 23.0. The molecule has 6 nitrogen and oxygen atoms in total. The molecule has 8 heteroatoms. The molecule has 2 aromatic carbocycles. The zero-order valence-corrected chi connectivity index (χ0v) is 18.8. The molecule has 0 unspecified atom stereocenters. The number of amides is 1. The normalized spacial score (nSPS) is 19.7. The Morgan fingerprint density at radius 3 is 2.56 bits per heavy atom. The van der Waals surface area contributed by atoms with E-state index >= 15 is 0 Å². The predicted octanol–water partition coefficient (Wildman–Crippen LogP) is 4.39. The Bertz CT molecular complexity index is 1220. The number of rotatable bonds is 4. The zero-order valence-electron chi connectivity index (χ0n) is 18.0. The quantitative estimate of drug-likeness (QED) is 0.629. The van der Waals surface area contributed by atoms with Crippen LogP contribution < -0.4 is 10.3 Å². The number of benzene rings is 2. The van der Waals surface area contributed by atoms with Crippen molar-refractivity contribution in [1.82, 2.24) is 9.88 Å². The van der Waals surface area contributed by atoms with E-state index in [4.69, 9.17) is 21.1 Å². The number of halogens is 2. The third-order valence-corrected chi connectivity index (χ3v) is 5.80. The molecule has 1 aromatic heterocycles. The molecular weight excluding hydrogens is 435 g/mol. The van der Waals surface area contributed by atoms with E-state index in [0.29, 0.717) is 40.7 Å². The monoisotopic (exact) mass is 458 g/mol. The lowest BCUT2D eigenvalue weighted by Crippen LogP contribution is -2.51. The number of aromatic nitrogens is 1. The van der Waals surface area contributed by atoms with Gasteiger partial charge in [-0.15, -0.1) is 0 Å². The minimum absolute atomic E-state index is 0.0363. The van der Waals surface area contributed by atoms with Gasteiger partial charge in [-0.2, -0.15) is 0 Å². The molecule has 2 heterocycles. The Balaban J connectivity index is 1.62. The molecule has 0 radical (unpaired) electrons. The summed E-state index contributed by atoms with van der Waals surface area (Å²) in [6.07, 6.45) is 0.757. The van der Waals surface area contributed by atoms with E-state index in [-0.39, 0.29) is 28.7 Å². The number of hydrogen-bond donors (Lipinski definition) is 1. The average Bonchev–Trinajstić information content (AvgIpc) is 2.73. The van der Waals surface area contributed by atoms with Crippen molar-refractivity contribution >= 4 is 28.3 Å². The largest absolute Gasteiger partial charge is 0.481 e. The predicted molar refractivity (Wildman–Crippen MR) is 122 cm³/mol. The minimum atomic E-state index is -0.723. The Morgan fingerprint density at radius 2 is 1.88 bits per heavy atom. The van der Waals surface area contributed by atoms with E-state index in [0.717, 1.165) is 0 Å². The molecule has 0 spiro atoms. The Labute approximate surface area is 189 Å². The highest BCUT2D eigenvalue weighted by Crippen LogP contribution is 2.33. The van der Waals surface area contributed by atoms with E-state index < -0.39 is 11.9 Å². The standard InChI is InChI=1S/C24H24ClFN2O4/c1-13-11-28(12-14(2)31-13)24(30)15(3)32-17-5-7-18-20(9-17)23(29)27-10-21(18)19-6-4-16(26)8-22(19)25/h4-10,13-15H,11-12H2,1-3H3,(H,27,29)/t13-,14-,15-/m1/s1. The third kappa shape index (κ3) is 4.49. The van der Waals surface area contributed by atoms with Crippen molar-refractivity contribution in [3.05, 3.63) is 63.8 Å². The molecule has 1 aliphatic rings. The molecule has 168 valence electrons. The highest BCUT2D eigenvalue weighted by molar-refractivity contribution is 6.33. The van der Waals surface area contributed by atoms with Crippen LogP contribution in [0.3, 0.4) is 0 Å². The summed E-state index contributed by atoms with van der Waals surface area (Å²) in [6, 6.07) is 9.16. The molecular formula is C24H24ClFN2O4. The summed E-state index contributed by atoms with van der Waals surface area (Å²) in [7, 11) is 0. The van der Waals surface area contributed by atoms with Crippen LogP contribution in [0.15, 0.2) is 47.4 Å². The number of carbonyl (C=O) groups is 1. The lowest BCUT2D eigenvalue weighted by molar-refractivity contribution is -0.149. The lowest BCUT2D eigenvalue weighted by Gasteiger charge is -2.36. The van der Waals surface area contributed by atoms with Crippen LogP contribution in [0, 0.1) is 5.82 Å². The van der Waals surface area contributed by atoms with Crippen LogP contribution >= 0.6 is 11.6 Å². The van der Waals surface area contributed by atoms with Gasteiger partial charge in [0.2, 0.25) is 0 Å². The van der Waals surface area contributed by atoms with Gasteiger partial charge in [-0.05, 0) is 62.6 Å². The van der Waals surface area contributed by atoms with E-state index in [9.17, 15) is 14.0 Å². The Hall–Kier alpha value is -2.90. The molecule has 4 rings (SSSR count). The van der Waals surface area contributed by atoms with E-state index in [1.54, 1.807) is 42.3 Å². The van der Waals surface area contributed by atoms with Gasteiger partial charge in [0.1, 0.15) is 11.6 Å². The number of hydrogen-bond acceptors (Lipinski definition) is 4. The van der Waals surface area contributed by atoms with Crippen molar-refractivity contribution in [3.8, 4) is 16.9 Å². The van der Waals surface area contributed by atoms with Crippen LogP contribution in [-0.4, -0.2) is 47.2 Å². The smallest absolute Gasteiger partial charge is 0.263 e. The van der Waals surface area contributed by atoms with E-state index in [1.165, 1.54) is 12.1 Å². The number of ether oxygens (including phenoxy) is 2. The first-order valence-corrected chi connectivity index (χ1v) is 10.8. The van der Waals surface area contributed by atoms with Crippen LogP contribution in [-0.2, 0) is 9.53 Å². The number of morpholine rings is 1. The molecule has 0 aliphatic carbocycles. The summed E-state index contributed by atoms with van der Waals surface area (Å²) < 4.78 is 25.0. The number of nitrogens with one attached hydrogen (secondary N) is 1. The summed E-state index contributed by atoms with van der Waals surface area (Å²) in [6.45, 7) is 6.58. The van der Waals surface area contributed by atoms with Gasteiger partial charge in [0.05, 0.1) is 22.6 Å². The maximum Gasteiger partial charge on any atom is 0.263 e. The lowest BCUT2D eigenvalue weighted by atomic mass is 10.0. The van der Waals surface area contributed by atoms with Crippen molar-refractivity contribution in [2.45, 2.75) is 39.1 Å². The van der Waals surface area contributed by atoms with Gasteiger partial charge in [0.25, 0.3) is 11.5 Å². The van der Waals surface area contributed by atoms with E-state index in [1.807, 2.05) is 13.8 Å². The summed E-state index contributed by atoms with van der Waals surface area (Å²) in [5.41, 5.74) is 0.959. The van der Waals surface area contributed by atoms with Gasteiger partial charge in [-0.3, -0.25) is 9.59 Å². The average molecular weight is 459 g/mol. The van der Waals surface area contributed by atoms with Crippen LogP contribution in [0.25, 0.3) is 21.9 Å². The number of aromatic amines is 1. The van der Waals surface area contributed by atoms with Crippen molar-refractivity contribution in [2.75, 3.05) is 13.1 Å². The Kier molecular flexibility index (Phi) is 6.22. The molecule has 1 fully saturated rings. The summed E-state index contributed by atoms with van der Waals surface area (Å²) in [5, 5.41) is 1.27. The van der Waals surface area contributed by atoms with Crippen LogP contribution in [0.5, 0.6) is 5.75 Å². The second kappa shape index (κ2) is 8.92. The summed E-state index contributed by atoms with van der Waals surface area (Å²) >= 11 is 6.23. The molecule has 3 atom stereocenters. The molecule has 32 heavy (non-hydrogen) atoms. The first kappa shape index (κ1) is 22.3. The second-order valence-electron chi connectivity index (χ2n) is 8.12. The molecule has 3 aromatic rings. The molecule has 1 amide bonds. The van der Waals surface area contributed by atoms with Gasteiger partial charge in [-0.1, -0.05) is 11.6 Å². The van der Waals surface area contributed by atoms with Crippen molar-refractivity contribution in [2.24, 2.45) is 0 Å². The molecule has 0 saturated carbocycles. The maximum atomic E-state index is 13.5. The van der Waals surface area contributed by atoms with Gasteiger partial charge in [-0.25, -0.2) is 4.39 Å². The topological polar surface area (TPSA) is 71.6 Å². The number of nitrogens with zero attached hydrogens (tertiary/aromatic N) is 1. The van der Waals surface area contributed by atoms with Crippen molar-refractivity contribution < 1.29 is 18.7 Å². The number of pyridine rings is 1. The summed E-state index contributed by atoms with van der Waals surface area (Å²) in [4.78, 5) is 29.8. The maximum absolute atomic E-state index is 13.5. The van der Waals surface area contributed by atoms with E-state index in [2.05, 4.69) is 4.98 Å². The van der Waals surface area contributed by atoms with Gasteiger partial charge in [0.15, 0.2) is 6.10 Å². The number of fused-ring (bicyclic) bond motifs is 1. The van der Waals surface area contributed by atoms with Crippen LogP contribution in [0.4, 0.5) is 4.39 Å². The molecule has 0 bridgehead atoms. The van der Waals surface area contributed by atoms with Gasteiger partial charge < -0.3 is 19.4 Å². The fourth-order valence-corrected chi connectivity index (χ4v) is 4.38. The fourth-order valence-electron chi connectivity index (χ4n) is 4.11. The summed E-state index contributed by atoms with van der Waals surface area (Å²) in [5.74, 6) is -0.167. The number of carbonyl (C=O) groups excluding carboxylic acids is 1. The minimum Gasteiger partial charge on any atom is -0.481 e. The van der Waals surface area contributed by atoms with Crippen LogP contribution in [0.2, 0.25) is 5.02 Å². The first-order valence-electron chi connectivity index (χ1n) is 10.4. The fraction of sp³-hybridized carbons (Fsp3) is 0.333. The van der Waals surface area contributed by atoms with Crippen LogP contribution in [0.1, 0.15) is 20.8 Å².